The molecule has 1 atom stereocenters. The quantitative estimate of drug-likeness (QED) is 0.884. The van der Waals surface area contributed by atoms with Gasteiger partial charge in [-0.3, -0.25) is 4.79 Å². The molecule has 0 spiro atoms. The number of nitrogens with zero attached hydrogens (tertiary/aromatic N) is 2. The highest BCUT2D eigenvalue weighted by Crippen LogP contribution is 2.27. The SMILES string of the molecule is NC1CCN(C(=O)C2CCCN2S(=O)(=O)c2ccccc2)CC1. The molecule has 2 saturated heterocycles. The second-order valence-electron chi connectivity index (χ2n) is 6.25. The second-order valence-corrected chi connectivity index (χ2v) is 8.14. The van der Waals surface area contributed by atoms with Gasteiger partial charge in [-0.1, -0.05) is 18.2 Å². The molecule has 2 N–H and O–H groups in total. The highest BCUT2D eigenvalue weighted by Gasteiger charge is 2.41. The van der Waals surface area contributed by atoms with Gasteiger partial charge in [0, 0.05) is 25.7 Å². The van der Waals surface area contributed by atoms with Crippen LogP contribution in [0.1, 0.15) is 25.7 Å². The van der Waals surface area contributed by atoms with Gasteiger partial charge in [-0.25, -0.2) is 8.42 Å². The number of likely N-dealkylation sites (tertiary alicyclic amines) is 1. The smallest absolute Gasteiger partial charge is 0.243 e. The Hall–Kier alpha value is -1.44. The zero-order valence-electron chi connectivity index (χ0n) is 13.1. The van der Waals surface area contributed by atoms with Crippen LogP contribution in [0.25, 0.3) is 0 Å². The highest BCUT2D eigenvalue weighted by atomic mass is 32.2. The molecule has 1 amide bonds. The zero-order chi connectivity index (χ0) is 16.4. The van der Waals surface area contributed by atoms with E-state index in [0.29, 0.717) is 26.1 Å². The first-order valence-electron chi connectivity index (χ1n) is 8.11. The van der Waals surface area contributed by atoms with Crippen LogP contribution in [0.15, 0.2) is 35.2 Å². The van der Waals surface area contributed by atoms with Crippen LogP contribution in [-0.2, 0) is 14.8 Å². The maximum Gasteiger partial charge on any atom is 0.243 e. The van der Waals surface area contributed by atoms with E-state index in [2.05, 4.69) is 0 Å². The van der Waals surface area contributed by atoms with Gasteiger partial charge in [0.25, 0.3) is 0 Å². The van der Waals surface area contributed by atoms with E-state index in [0.717, 1.165) is 19.3 Å². The Labute approximate surface area is 137 Å². The maximum absolute atomic E-state index is 12.8. The first-order valence-corrected chi connectivity index (χ1v) is 9.55. The van der Waals surface area contributed by atoms with E-state index >= 15 is 0 Å². The van der Waals surface area contributed by atoms with E-state index < -0.39 is 16.1 Å². The van der Waals surface area contributed by atoms with Crippen molar-refractivity contribution in [3.63, 3.8) is 0 Å². The lowest BCUT2D eigenvalue weighted by Gasteiger charge is -2.34. The Morgan fingerprint density at radius 1 is 1.04 bits per heavy atom. The molecule has 1 unspecified atom stereocenters. The minimum atomic E-state index is -3.62. The molecule has 2 aliphatic rings. The third-order valence-corrected chi connectivity index (χ3v) is 6.61. The largest absolute Gasteiger partial charge is 0.341 e. The third kappa shape index (κ3) is 3.27. The number of rotatable bonds is 3. The van der Waals surface area contributed by atoms with Crippen LogP contribution in [-0.4, -0.2) is 55.2 Å². The molecular formula is C16H23N3O3S. The van der Waals surface area contributed by atoms with Crippen molar-refractivity contribution in [2.45, 2.75) is 42.7 Å². The van der Waals surface area contributed by atoms with E-state index in [4.69, 9.17) is 5.73 Å². The molecule has 3 rings (SSSR count). The van der Waals surface area contributed by atoms with E-state index in [-0.39, 0.29) is 16.8 Å². The molecule has 126 valence electrons. The highest BCUT2D eigenvalue weighted by molar-refractivity contribution is 7.89. The fourth-order valence-electron chi connectivity index (χ4n) is 3.33. The van der Waals surface area contributed by atoms with Crippen LogP contribution in [0.2, 0.25) is 0 Å². The van der Waals surface area contributed by atoms with E-state index in [1.807, 2.05) is 0 Å². The normalized spacial score (nSPS) is 24.0. The summed E-state index contributed by atoms with van der Waals surface area (Å²) in [4.78, 5) is 14.8. The van der Waals surface area contributed by atoms with E-state index in [1.54, 1.807) is 35.2 Å². The molecule has 0 radical (unpaired) electrons. The van der Waals surface area contributed by atoms with Crippen molar-refractivity contribution in [3.8, 4) is 0 Å². The summed E-state index contributed by atoms with van der Waals surface area (Å²) in [5.41, 5.74) is 5.88. The van der Waals surface area contributed by atoms with E-state index in [1.165, 1.54) is 4.31 Å². The standard InChI is InChI=1S/C16H23N3O3S/c17-13-8-11-18(12-9-13)16(20)15-7-4-10-19(15)23(21,22)14-5-2-1-3-6-14/h1-3,5-6,13,15H,4,7-12,17H2. The van der Waals surface area contributed by atoms with Gasteiger partial charge in [0.1, 0.15) is 6.04 Å². The summed E-state index contributed by atoms with van der Waals surface area (Å²) in [5.74, 6) is -0.0751. The molecule has 6 nitrogen and oxygen atoms in total. The van der Waals surface area contributed by atoms with Crippen LogP contribution in [0.4, 0.5) is 0 Å². The van der Waals surface area contributed by atoms with Gasteiger partial charge in [-0.2, -0.15) is 4.31 Å². The van der Waals surface area contributed by atoms with Gasteiger partial charge in [-0.05, 0) is 37.8 Å². The fraction of sp³-hybridized carbons (Fsp3) is 0.562. The lowest BCUT2D eigenvalue weighted by molar-refractivity contribution is -0.135. The van der Waals surface area contributed by atoms with Gasteiger partial charge in [0.2, 0.25) is 15.9 Å². The van der Waals surface area contributed by atoms with Crippen molar-refractivity contribution in [2.75, 3.05) is 19.6 Å². The molecule has 1 aromatic rings. The lowest BCUT2D eigenvalue weighted by Crippen LogP contribution is -2.51. The van der Waals surface area contributed by atoms with Gasteiger partial charge < -0.3 is 10.6 Å². The van der Waals surface area contributed by atoms with Crippen molar-refractivity contribution < 1.29 is 13.2 Å². The Bertz CT molecular complexity index is 654. The molecule has 0 bridgehead atoms. The summed E-state index contributed by atoms with van der Waals surface area (Å²) in [7, 11) is -3.62. The zero-order valence-corrected chi connectivity index (χ0v) is 13.9. The van der Waals surface area contributed by atoms with Crippen LogP contribution in [0.3, 0.4) is 0 Å². The molecule has 2 heterocycles. The van der Waals surface area contributed by atoms with Crippen molar-refractivity contribution in [1.29, 1.82) is 0 Å². The minimum Gasteiger partial charge on any atom is -0.341 e. The summed E-state index contributed by atoms with van der Waals surface area (Å²) in [6.07, 6.45) is 2.87. The molecule has 0 aromatic heterocycles. The summed E-state index contributed by atoms with van der Waals surface area (Å²) < 4.78 is 27.0. The minimum absolute atomic E-state index is 0.0751. The average molecular weight is 337 g/mol. The number of benzene rings is 1. The van der Waals surface area contributed by atoms with Crippen molar-refractivity contribution in [1.82, 2.24) is 9.21 Å². The monoisotopic (exact) mass is 337 g/mol. The topological polar surface area (TPSA) is 83.7 Å². The first kappa shape index (κ1) is 16.4. The summed E-state index contributed by atoms with van der Waals surface area (Å²) in [5, 5.41) is 0. The number of sulfonamides is 1. The number of carbonyl (C=O) groups is 1. The number of hydrogen-bond donors (Lipinski definition) is 1. The summed E-state index contributed by atoms with van der Waals surface area (Å²) in [6, 6.07) is 7.91. The number of amides is 1. The summed E-state index contributed by atoms with van der Waals surface area (Å²) in [6.45, 7) is 1.65. The maximum atomic E-state index is 12.8. The van der Waals surface area contributed by atoms with E-state index in [9.17, 15) is 13.2 Å². The van der Waals surface area contributed by atoms with Gasteiger partial charge >= 0.3 is 0 Å². The summed E-state index contributed by atoms with van der Waals surface area (Å²) >= 11 is 0. The van der Waals surface area contributed by atoms with Crippen LogP contribution in [0.5, 0.6) is 0 Å². The van der Waals surface area contributed by atoms with Gasteiger partial charge in [0.15, 0.2) is 0 Å². The number of carbonyl (C=O) groups excluding carboxylic acids is 1. The Balaban J connectivity index is 1.79. The Morgan fingerprint density at radius 3 is 2.35 bits per heavy atom. The second kappa shape index (κ2) is 6.59. The first-order chi connectivity index (χ1) is 11.0. The molecule has 0 saturated carbocycles. The number of hydrogen-bond acceptors (Lipinski definition) is 4. The molecule has 1 aromatic carbocycles. The van der Waals surface area contributed by atoms with Gasteiger partial charge in [-0.15, -0.1) is 0 Å². The number of piperidine rings is 1. The van der Waals surface area contributed by atoms with Crippen LogP contribution >= 0.6 is 0 Å². The van der Waals surface area contributed by atoms with Crippen molar-refractivity contribution >= 4 is 15.9 Å². The molecule has 0 aliphatic carbocycles. The fourth-order valence-corrected chi connectivity index (χ4v) is 5.01. The predicted molar refractivity (Wildman–Crippen MR) is 87.1 cm³/mol. The van der Waals surface area contributed by atoms with Crippen LogP contribution < -0.4 is 5.73 Å². The Kier molecular flexibility index (Phi) is 4.70. The predicted octanol–water partition coefficient (Wildman–Crippen LogP) is 0.789. The van der Waals surface area contributed by atoms with Crippen molar-refractivity contribution in [3.05, 3.63) is 30.3 Å². The van der Waals surface area contributed by atoms with Gasteiger partial charge in [0.05, 0.1) is 4.90 Å². The molecule has 2 aliphatic heterocycles. The molecular weight excluding hydrogens is 314 g/mol. The third-order valence-electron chi connectivity index (χ3n) is 4.69. The van der Waals surface area contributed by atoms with Crippen molar-refractivity contribution in [2.24, 2.45) is 5.73 Å². The lowest BCUT2D eigenvalue weighted by atomic mass is 10.0. The molecule has 2 fully saturated rings. The van der Waals surface area contributed by atoms with Crippen LogP contribution in [0, 0.1) is 0 Å². The average Bonchev–Trinajstić information content (AvgIpc) is 3.06. The molecule has 23 heavy (non-hydrogen) atoms. The number of nitrogens with two attached hydrogens (primary N) is 1. The Morgan fingerprint density at radius 2 is 1.70 bits per heavy atom. The molecule has 7 heteroatoms.